The Morgan fingerprint density at radius 1 is 1.25 bits per heavy atom. The van der Waals surface area contributed by atoms with Gasteiger partial charge in [0, 0.05) is 16.8 Å². The maximum Gasteiger partial charge on any atom is 0.126 e. The molecule has 2 rings (SSSR count). The van der Waals surface area contributed by atoms with Crippen molar-refractivity contribution in [3.05, 3.63) is 39.5 Å². The van der Waals surface area contributed by atoms with Crippen LogP contribution in [0.2, 0.25) is 0 Å². The van der Waals surface area contributed by atoms with Gasteiger partial charge in [-0.2, -0.15) is 0 Å². The van der Waals surface area contributed by atoms with Crippen LogP contribution in [-0.4, -0.2) is 9.97 Å². The van der Waals surface area contributed by atoms with E-state index in [0.717, 1.165) is 23.1 Å². The van der Waals surface area contributed by atoms with Gasteiger partial charge in [-0.25, -0.2) is 9.97 Å². The SMILES string of the molecule is Cc1cc(C)nc(NCc2cnc(C)s2)c1. The van der Waals surface area contributed by atoms with Crippen molar-refractivity contribution in [2.45, 2.75) is 27.3 Å². The van der Waals surface area contributed by atoms with Crippen LogP contribution in [0.1, 0.15) is 21.1 Å². The molecule has 0 saturated heterocycles. The lowest BCUT2D eigenvalue weighted by Crippen LogP contribution is -2.01. The van der Waals surface area contributed by atoms with E-state index in [0.29, 0.717) is 0 Å². The molecule has 0 bridgehead atoms. The number of thiazole rings is 1. The van der Waals surface area contributed by atoms with E-state index in [1.807, 2.05) is 20.0 Å². The maximum atomic E-state index is 4.43. The number of rotatable bonds is 3. The molecule has 4 heteroatoms. The summed E-state index contributed by atoms with van der Waals surface area (Å²) in [5.74, 6) is 0.934. The van der Waals surface area contributed by atoms with Gasteiger partial charge in [0.05, 0.1) is 11.6 Å². The van der Waals surface area contributed by atoms with Gasteiger partial charge in [0.15, 0.2) is 0 Å². The number of nitrogens with one attached hydrogen (secondary N) is 1. The van der Waals surface area contributed by atoms with Crippen molar-refractivity contribution < 1.29 is 0 Å². The Labute approximate surface area is 99.6 Å². The Balaban J connectivity index is 2.04. The Hall–Kier alpha value is -1.42. The maximum absolute atomic E-state index is 4.43. The van der Waals surface area contributed by atoms with Gasteiger partial charge in [-0.3, -0.25) is 0 Å². The lowest BCUT2D eigenvalue weighted by Gasteiger charge is -2.05. The summed E-state index contributed by atoms with van der Waals surface area (Å²) in [4.78, 5) is 9.89. The van der Waals surface area contributed by atoms with Crippen LogP contribution in [0.4, 0.5) is 5.82 Å². The molecule has 16 heavy (non-hydrogen) atoms. The van der Waals surface area contributed by atoms with Crippen LogP contribution >= 0.6 is 11.3 Å². The molecule has 0 atom stereocenters. The molecular weight excluding hydrogens is 218 g/mol. The molecule has 0 saturated carbocycles. The second-order valence-electron chi connectivity index (χ2n) is 3.87. The summed E-state index contributed by atoms with van der Waals surface area (Å²) in [6.07, 6.45) is 1.91. The van der Waals surface area contributed by atoms with Crippen LogP contribution in [0.25, 0.3) is 0 Å². The number of aromatic nitrogens is 2. The molecule has 0 aliphatic carbocycles. The van der Waals surface area contributed by atoms with Gasteiger partial charge in [-0.1, -0.05) is 0 Å². The first-order chi connectivity index (χ1) is 7.63. The Bertz CT molecular complexity index is 471. The summed E-state index contributed by atoms with van der Waals surface area (Å²) in [6, 6.07) is 4.13. The van der Waals surface area contributed by atoms with Crippen molar-refractivity contribution in [1.29, 1.82) is 0 Å². The molecule has 0 spiro atoms. The van der Waals surface area contributed by atoms with E-state index in [1.54, 1.807) is 11.3 Å². The smallest absolute Gasteiger partial charge is 0.126 e. The van der Waals surface area contributed by atoms with Crippen molar-refractivity contribution in [1.82, 2.24) is 9.97 Å². The highest BCUT2D eigenvalue weighted by Crippen LogP contribution is 2.14. The molecule has 2 heterocycles. The minimum Gasteiger partial charge on any atom is -0.365 e. The number of nitrogens with zero attached hydrogens (tertiary/aromatic N) is 2. The molecule has 0 fully saturated rings. The molecule has 0 unspecified atom stereocenters. The van der Waals surface area contributed by atoms with Crippen LogP contribution < -0.4 is 5.32 Å². The first kappa shape index (κ1) is 11.1. The van der Waals surface area contributed by atoms with E-state index >= 15 is 0 Å². The quantitative estimate of drug-likeness (QED) is 0.885. The zero-order chi connectivity index (χ0) is 11.5. The molecule has 0 radical (unpaired) electrons. The van der Waals surface area contributed by atoms with Gasteiger partial charge < -0.3 is 5.32 Å². The van der Waals surface area contributed by atoms with E-state index < -0.39 is 0 Å². The Kier molecular flexibility index (Phi) is 3.19. The molecule has 1 N–H and O–H groups in total. The van der Waals surface area contributed by atoms with Gasteiger partial charge in [0.2, 0.25) is 0 Å². The van der Waals surface area contributed by atoms with Crippen molar-refractivity contribution >= 4 is 17.2 Å². The highest BCUT2D eigenvalue weighted by molar-refractivity contribution is 7.11. The summed E-state index contributed by atoms with van der Waals surface area (Å²) in [6.45, 7) is 6.90. The minimum absolute atomic E-state index is 0.793. The van der Waals surface area contributed by atoms with Crippen LogP contribution in [0.3, 0.4) is 0 Å². The predicted molar refractivity (Wildman–Crippen MR) is 67.9 cm³/mol. The van der Waals surface area contributed by atoms with Crippen LogP contribution in [0.15, 0.2) is 18.3 Å². The molecule has 0 amide bonds. The molecule has 0 aliphatic heterocycles. The topological polar surface area (TPSA) is 37.8 Å². The van der Waals surface area contributed by atoms with Gasteiger partial charge in [0.25, 0.3) is 0 Å². The highest BCUT2D eigenvalue weighted by atomic mass is 32.1. The van der Waals surface area contributed by atoms with Gasteiger partial charge in [0.1, 0.15) is 5.82 Å². The van der Waals surface area contributed by atoms with Crippen molar-refractivity contribution in [2.24, 2.45) is 0 Å². The standard InChI is InChI=1S/C12H15N3S/c1-8-4-9(2)15-12(5-8)14-7-11-6-13-10(3)16-11/h4-6H,7H2,1-3H3,(H,14,15). The fourth-order valence-corrected chi connectivity index (χ4v) is 2.33. The normalized spacial score (nSPS) is 10.4. The van der Waals surface area contributed by atoms with E-state index in [-0.39, 0.29) is 0 Å². The van der Waals surface area contributed by atoms with Crippen LogP contribution in [-0.2, 0) is 6.54 Å². The second-order valence-corrected chi connectivity index (χ2v) is 5.19. The van der Waals surface area contributed by atoms with E-state index in [9.17, 15) is 0 Å². The molecule has 0 aromatic carbocycles. The largest absolute Gasteiger partial charge is 0.365 e. The highest BCUT2D eigenvalue weighted by Gasteiger charge is 2.00. The fourth-order valence-electron chi connectivity index (χ4n) is 1.60. The first-order valence-corrected chi connectivity index (χ1v) is 6.05. The predicted octanol–water partition coefficient (Wildman–Crippen LogP) is 3.08. The molecule has 84 valence electrons. The molecule has 2 aromatic heterocycles. The van der Waals surface area contributed by atoms with E-state index in [1.165, 1.54) is 10.4 Å². The second kappa shape index (κ2) is 4.61. The minimum atomic E-state index is 0.793. The number of anilines is 1. The van der Waals surface area contributed by atoms with Gasteiger partial charge in [-0.05, 0) is 38.5 Å². The molecule has 0 aliphatic rings. The third-order valence-corrected chi connectivity index (χ3v) is 3.12. The monoisotopic (exact) mass is 233 g/mol. The number of hydrogen-bond acceptors (Lipinski definition) is 4. The van der Waals surface area contributed by atoms with Gasteiger partial charge in [-0.15, -0.1) is 11.3 Å². The van der Waals surface area contributed by atoms with E-state index in [2.05, 4.69) is 34.3 Å². The summed E-state index contributed by atoms with van der Waals surface area (Å²) in [7, 11) is 0. The Morgan fingerprint density at radius 2 is 2.06 bits per heavy atom. The van der Waals surface area contributed by atoms with Gasteiger partial charge >= 0.3 is 0 Å². The summed E-state index contributed by atoms with van der Waals surface area (Å²) in [5, 5.41) is 4.42. The molecular formula is C12H15N3S. The van der Waals surface area contributed by atoms with Crippen molar-refractivity contribution in [3.8, 4) is 0 Å². The lowest BCUT2D eigenvalue weighted by molar-refractivity contribution is 1.09. The lowest BCUT2D eigenvalue weighted by atomic mass is 10.2. The number of pyridine rings is 1. The molecule has 3 nitrogen and oxygen atoms in total. The fraction of sp³-hybridized carbons (Fsp3) is 0.333. The van der Waals surface area contributed by atoms with Crippen LogP contribution in [0, 0.1) is 20.8 Å². The zero-order valence-electron chi connectivity index (χ0n) is 9.74. The number of hydrogen-bond donors (Lipinski definition) is 1. The van der Waals surface area contributed by atoms with Crippen molar-refractivity contribution in [3.63, 3.8) is 0 Å². The summed E-state index contributed by atoms with van der Waals surface area (Å²) in [5.41, 5.74) is 2.28. The van der Waals surface area contributed by atoms with E-state index in [4.69, 9.17) is 0 Å². The summed E-state index contributed by atoms with van der Waals surface area (Å²) >= 11 is 1.71. The number of aryl methyl sites for hydroxylation is 3. The molecule has 2 aromatic rings. The first-order valence-electron chi connectivity index (χ1n) is 5.24. The Morgan fingerprint density at radius 3 is 2.69 bits per heavy atom. The van der Waals surface area contributed by atoms with Crippen molar-refractivity contribution in [2.75, 3.05) is 5.32 Å². The third kappa shape index (κ3) is 2.79. The summed E-state index contributed by atoms with van der Waals surface area (Å²) < 4.78 is 0. The average molecular weight is 233 g/mol. The average Bonchev–Trinajstić information content (AvgIpc) is 2.60. The van der Waals surface area contributed by atoms with Crippen LogP contribution in [0.5, 0.6) is 0 Å². The third-order valence-electron chi connectivity index (χ3n) is 2.21. The zero-order valence-corrected chi connectivity index (χ0v) is 10.6.